The summed E-state index contributed by atoms with van der Waals surface area (Å²) >= 11 is 0. The molecule has 1 aromatic rings. The maximum absolute atomic E-state index is 11.0. The smallest absolute Gasteiger partial charge is 0.125 e. The van der Waals surface area contributed by atoms with Crippen molar-refractivity contribution in [2.45, 2.75) is 27.2 Å². The Morgan fingerprint density at radius 1 is 1.10 bits per heavy atom. The molecule has 0 atom stereocenters. The van der Waals surface area contributed by atoms with Gasteiger partial charge in [-0.2, -0.15) is 0 Å². The van der Waals surface area contributed by atoms with E-state index in [0.29, 0.717) is 0 Å². The Morgan fingerprint density at radius 3 is 2.20 bits per heavy atom. The first-order chi connectivity index (χ1) is 9.54. The molecule has 0 radical (unpaired) electrons. The quantitative estimate of drug-likeness (QED) is 0.771. The lowest BCUT2D eigenvalue weighted by Gasteiger charge is -2.35. The summed E-state index contributed by atoms with van der Waals surface area (Å²) in [5.41, 5.74) is 2.26. The van der Waals surface area contributed by atoms with Crippen LogP contribution in [0.15, 0.2) is 24.3 Å². The highest BCUT2D eigenvalue weighted by atomic mass is 16.1. The van der Waals surface area contributed by atoms with Crippen molar-refractivity contribution in [2.24, 2.45) is 5.41 Å². The Balaban J connectivity index is 1.97. The fourth-order valence-electron chi connectivity index (χ4n) is 2.71. The summed E-state index contributed by atoms with van der Waals surface area (Å²) in [5.74, 6) is 0. The largest absolute Gasteiger partial charge is 0.369 e. The number of hydrogen-bond acceptors (Lipinski definition) is 3. The highest BCUT2D eigenvalue weighted by Gasteiger charge is 2.18. The van der Waals surface area contributed by atoms with Crippen molar-refractivity contribution in [3.05, 3.63) is 29.8 Å². The third kappa shape index (κ3) is 3.83. The van der Waals surface area contributed by atoms with Gasteiger partial charge in [-0.05, 0) is 30.7 Å². The Kier molecular flexibility index (Phi) is 4.81. The fourth-order valence-corrected chi connectivity index (χ4v) is 2.71. The Morgan fingerprint density at radius 2 is 1.70 bits per heavy atom. The lowest BCUT2D eigenvalue weighted by atomic mass is 9.87. The van der Waals surface area contributed by atoms with Crippen LogP contribution in [0.1, 0.15) is 26.3 Å². The zero-order valence-electron chi connectivity index (χ0n) is 12.9. The molecule has 0 aliphatic carbocycles. The second kappa shape index (κ2) is 6.40. The minimum atomic E-state index is -0.270. The molecule has 1 saturated heterocycles. The third-order valence-corrected chi connectivity index (χ3v) is 4.10. The number of anilines is 1. The molecule has 1 aliphatic rings. The monoisotopic (exact) mass is 274 g/mol. The third-order valence-electron chi connectivity index (χ3n) is 4.10. The molecular formula is C17H26N2O. The van der Waals surface area contributed by atoms with Gasteiger partial charge in [-0.1, -0.05) is 32.9 Å². The van der Waals surface area contributed by atoms with Crippen molar-refractivity contribution in [2.75, 3.05) is 37.6 Å². The first kappa shape index (κ1) is 15.0. The molecule has 20 heavy (non-hydrogen) atoms. The van der Waals surface area contributed by atoms with E-state index < -0.39 is 0 Å². The molecule has 110 valence electrons. The Hall–Kier alpha value is -1.35. The number of hydrogen-bond donors (Lipinski definition) is 0. The van der Waals surface area contributed by atoms with Crippen LogP contribution in [0.25, 0.3) is 0 Å². The summed E-state index contributed by atoms with van der Waals surface area (Å²) in [7, 11) is 0. The highest BCUT2D eigenvalue weighted by Crippen LogP contribution is 2.22. The number of piperazine rings is 1. The van der Waals surface area contributed by atoms with Crippen LogP contribution in [0, 0.1) is 5.41 Å². The van der Waals surface area contributed by atoms with E-state index >= 15 is 0 Å². The van der Waals surface area contributed by atoms with Crippen molar-refractivity contribution in [1.29, 1.82) is 0 Å². The molecule has 1 aliphatic heterocycles. The Bertz CT molecular complexity index is 431. The predicted octanol–water partition coefficient (Wildman–Crippen LogP) is 2.60. The summed E-state index contributed by atoms with van der Waals surface area (Å²) in [5, 5.41) is 0. The molecule has 0 N–H and O–H groups in total. The van der Waals surface area contributed by atoms with Crippen LogP contribution in [0.3, 0.4) is 0 Å². The van der Waals surface area contributed by atoms with Gasteiger partial charge in [0, 0.05) is 37.3 Å². The number of likely N-dealkylation sites (N-methyl/N-ethyl adjacent to an activating group) is 1. The van der Waals surface area contributed by atoms with Crippen molar-refractivity contribution < 1.29 is 4.79 Å². The summed E-state index contributed by atoms with van der Waals surface area (Å²) < 4.78 is 0. The molecule has 0 spiro atoms. The van der Waals surface area contributed by atoms with Gasteiger partial charge in [0.05, 0.1) is 0 Å². The van der Waals surface area contributed by atoms with Gasteiger partial charge in [0.15, 0.2) is 0 Å². The van der Waals surface area contributed by atoms with E-state index in [1.165, 1.54) is 11.3 Å². The molecule has 3 heteroatoms. The van der Waals surface area contributed by atoms with Gasteiger partial charge in [0.2, 0.25) is 0 Å². The minimum Gasteiger partial charge on any atom is -0.369 e. The topological polar surface area (TPSA) is 23.6 Å². The molecule has 3 nitrogen and oxygen atoms in total. The standard InChI is InChI=1S/C17H26N2O/c1-4-18-9-11-19(12-10-18)16-7-5-15(6-8-16)13-17(2,3)14-20/h5-8,14H,4,9-13H2,1-3H3. The number of nitrogens with zero attached hydrogens (tertiary/aromatic N) is 2. The van der Waals surface area contributed by atoms with Crippen LogP contribution >= 0.6 is 0 Å². The number of aldehydes is 1. The Labute approximate surface area is 122 Å². The number of rotatable bonds is 5. The average Bonchev–Trinajstić information content (AvgIpc) is 2.48. The molecule has 0 bridgehead atoms. The first-order valence-corrected chi connectivity index (χ1v) is 7.56. The van der Waals surface area contributed by atoms with Gasteiger partial charge in [0.1, 0.15) is 6.29 Å². The summed E-state index contributed by atoms with van der Waals surface area (Å²) in [6.45, 7) is 11.8. The molecule has 1 heterocycles. The summed E-state index contributed by atoms with van der Waals surface area (Å²) in [6.07, 6.45) is 1.85. The molecule has 0 aromatic heterocycles. The average molecular weight is 274 g/mol. The van der Waals surface area contributed by atoms with E-state index in [2.05, 4.69) is 41.0 Å². The SMILES string of the molecule is CCN1CCN(c2ccc(CC(C)(C)C=O)cc2)CC1. The second-order valence-electron chi connectivity index (χ2n) is 6.37. The van der Waals surface area contributed by atoms with E-state index in [9.17, 15) is 4.79 Å². The minimum absolute atomic E-state index is 0.270. The molecule has 1 fully saturated rings. The summed E-state index contributed by atoms with van der Waals surface area (Å²) in [6, 6.07) is 8.70. The van der Waals surface area contributed by atoms with Crippen molar-refractivity contribution in [1.82, 2.24) is 4.90 Å². The first-order valence-electron chi connectivity index (χ1n) is 7.56. The van der Waals surface area contributed by atoms with Gasteiger partial charge in [0.25, 0.3) is 0 Å². The molecule has 2 rings (SSSR count). The second-order valence-corrected chi connectivity index (χ2v) is 6.37. The van der Waals surface area contributed by atoms with Crippen LogP contribution in [0.4, 0.5) is 5.69 Å². The van der Waals surface area contributed by atoms with Crippen molar-refractivity contribution >= 4 is 12.0 Å². The summed E-state index contributed by atoms with van der Waals surface area (Å²) in [4.78, 5) is 15.9. The van der Waals surface area contributed by atoms with Crippen molar-refractivity contribution in [3.8, 4) is 0 Å². The number of carbonyl (C=O) groups is 1. The number of benzene rings is 1. The van der Waals surface area contributed by atoms with E-state index in [0.717, 1.165) is 45.4 Å². The van der Waals surface area contributed by atoms with Gasteiger partial charge in [-0.15, -0.1) is 0 Å². The van der Waals surface area contributed by atoms with Crippen LogP contribution in [-0.4, -0.2) is 43.9 Å². The fraction of sp³-hybridized carbons (Fsp3) is 0.588. The molecular weight excluding hydrogens is 248 g/mol. The maximum atomic E-state index is 11.0. The molecule has 0 saturated carbocycles. The normalized spacial score (nSPS) is 17.2. The van der Waals surface area contributed by atoms with Gasteiger partial charge in [-0.25, -0.2) is 0 Å². The van der Waals surface area contributed by atoms with Crippen molar-refractivity contribution in [3.63, 3.8) is 0 Å². The van der Waals surface area contributed by atoms with Crippen LogP contribution in [0.5, 0.6) is 0 Å². The van der Waals surface area contributed by atoms with E-state index in [4.69, 9.17) is 0 Å². The number of carbonyl (C=O) groups excluding carboxylic acids is 1. The lowest BCUT2D eigenvalue weighted by Crippen LogP contribution is -2.46. The van der Waals surface area contributed by atoms with Crippen LogP contribution < -0.4 is 4.90 Å². The van der Waals surface area contributed by atoms with Gasteiger partial charge in [-0.3, -0.25) is 0 Å². The maximum Gasteiger partial charge on any atom is 0.125 e. The van der Waals surface area contributed by atoms with Crippen LogP contribution in [0.2, 0.25) is 0 Å². The lowest BCUT2D eigenvalue weighted by molar-refractivity contribution is -0.114. The predicted molar refractivity (Wildman–Crippen MR) is 84.3 cm³/mol. The van der Waals surface area contributed by atoms with E-state index in [1.54, 1.807) is 0 Å². The molecule has 1 aromatic carbocycles. The van der Waals surface area contributed by atoms with Crippen LogP contribution in [-0.2, 0) is 11.2 Å². The van der Waals surface area contributed by atoms with E-state index in [-0.39, 0.29) is 5.41 Å². The van der Waals surface area contributed by atoms with E-state index in [1.807, 2.05) is 13.8 Å². The zero-order chi connectivity index (χ0) is 14.6. The zero-order valence-corrected chi connectivity index (χ0v) is 12.9. The highest BCUT2D eigenvalue weighted by molar-refractivity contribution is 5.59. The van der Waals surface area contributed by atoms with Gasteiger partial charge < -0.3 is 14.6 Å². The molecule has 0 amide bonds. The molecule has 0 unspecified atom stereocenters. The van der Waals surface area contributed by atoms with Gasteiger partial charge >= 0.3 is 0 Å².